The maximum absolute atomic E-state index is 14.4. The van der Waals surface area contributed by atoms with Crippen LogP contribution in [-0.4, -0.2) is 42.6 Å². The van der Waals surface area contributed by atoms with Crippen LogP contribution in [0.25, 0.3) is 11.0 Å². The summed E-state index contributed by atoms with van der Waals surface area (Å²) in [6, 6.07) is 15.3. The Hall–Kier alpha value is -3.57. The van der Waals surface area contributed by atoms with Crippen molar-refractivity contribution in [1.29, 1.82) is 0 Å². The van der Waals surface area contributed by atoms with Crippen LogP contribution in [0.15, 0.2) is 71.6 Å². The number of imidazole rings is 1. The molecule has 0 amide bonds. The molecule has 0 saturated heterocycles. The van der Waals surface area contributed by atoms with Gasteiger partial charge in [-0.05, 0) is 49.4 Å². The Morgan fingerprint density at radius 2 is 1.61 bits per heavy atom. The summed E-state index contributed by atoms with van der Waals surface area (Å²) in [5, 5.41) is 11.1. The zero-order valence-electron chi connectivity index (χ0n) is 19.6. The van der Waals surface area contributed by atoms with Crippen molar-refractivity contribution in [1.82, 2.24) is 9.55 Å². The van der Waals surface area contributed by atoms with Gasteiger partial charge in [0.2, 0.25) is 5.60 Å². The van der Waals surface area contributed by atoms with Gasteiger partial charge in [-0.15, -0.1) is 0 Å². The molecule has 0 saturated carbocycles. The fourth-order valence-electron chi connectivity index (χ4n) is 3.92. The molecule has 0 aliphatic carbocycles. The van der Waals surface area contributed by atoms with Gasteiger partial charge in [0, 0.05) is 24.4 Å². The van der Waals surface area contributed by atoms with Crippen LogP contribution < -0.4 is 9.47 Å². The second kappa shape index (κ2) is 9.14. The van der Waals surface area contributed by atoms with E-state index in [4.69, 9.17) is 9.47 Å². The topological polar surface area (TPSA) is 90.7 Å². The summed E-state index contributed by atoms with van der Waals surface area (Å²) in [7, 11) is -2.07. The third-order valence-corrected chi connectivity index (χ3v) is 6.86. The van der Waals surface area contributed by atoms with Gasteiger partial charge in [-0.2, -0.15) is 13.2 Å². The molecule has 4 rings (SSSR count). The molecule has 0 bridgehead atoms. The highest BCUT2D eigenvalue weighted by Gasteiger charge is 2.59. The molecule has 4 aromatic rings. The molecule has 0 fully saturated rings. The smallest absolute Gasteiger partial charge is 0.428 e. The lowest BCUT2D eigenvalue weighted by Crippen LogP contribution is -2.45. The number of methoxy groups -OCH3 is 1. The second-order valence-corrected chi connectivity index (χ2v) is 10.1. The van der Waals surface area contributed by atoms with E-state index in [0.29, 0.717) is 11.3 Å². The fraction of sp³-hybridized carbons (Fsp3) is 0.240. The van der Waals surface area contributed by atoms with Crippen molar-refractivity contribution >= 4 is 20.9 Å². The summed E-state index contributed by atoms with van der Waals surface area (Å²) in [5.74, 6) is 0.252. The molecule has 36 heavy (non-hydrogen) atoms. The number of aryl methyl sites for hydroxylation is 1. The second-order valence-electron chi connectivity index (χ2n) is 8.12. The molecule has 11 heteroatoms. The van der Waals surface area contributed by atoms with Crippen molar-refractivity contribution in [3.05, 3.63) is 78.1 Å². The number of alkyl halides is 3. The predicted octanol–water partition coefficient (Wildman–Crippen LogP) is 5.06. The van der Waals surface area contributed by atoms with E-state index in [1.54, 1.807) is 13.0 Å². The summed E-state index contributed by atoms with van der Waals surface area (Å²) in [6.45, 7) is 1.71. The van der Waals surface area contributed by atoms with Gasteiger partial charge in [-0.3, -0.25) is 0 Å². The average molecular weight is 521 g/mol. The highest BCUT2D eigenvalue weighted by atomic mass is 32.2. The highest BCUT2D eigenvalue weighted by molar-refractivity contribution is 7.90. The number of aliphatic hydroxyl groups is 1. The van der Waals surface area contributed by atoms with Crippen molar-refractivity contribution in [2.24, 2.45) is 0 Å². The first-order valence-corrected chi connectivity index (χ1v) is 12.7. The molecule has 0 aliphatic heterocycles. The Labute approximate surface area is 205 Å². The molecule has 1 atom stereocenters. The number of rotatable bonds is 7. The Kier molecular flexibility index (Phi) is 6.48. The van der Waals surface area contributed by atoms with E-state index in [1.165, 1.54) is 60.2 Å². The zero-order chi connectivity index (χ0) is 26.3. The lowest BCUT2D eigenvalue weighted by atomic mass is 9.92. The molecular weight excluding hydrogens is 497 g/mol. The van der Waals surface area contributed by atoms with Gasteiger partial charge in [-0.1, -0.05) is 18.2 Å². The van der Waals surface area contributed by atoms with Gasteiger partial charge in [0.25, 0.3) is 0 Å². The molecule has 190 valence electrons. The van der Waals surface area contributed by atoms with E-state index in [2.05, 4.69) is 4.98 Å². The zero-order valence-corrected chi connectivity index (χ0v) is 20.4. The average Bonchev–Trinajstić information content (AvgIpc) is 3.20. The minimum absolute atomic E-state index is 0.0664. The summed E-state index contributed by atoms with van der Waals surface area (Å²) < 4.78 is 78.9. The van der Waals surface area contributed by atoms with Crippen molar-refractivity contribution in [3.63, 3.8) is 0 Å². The summed E-state index contributed by atoms with van der Waals surface area (Å²) in [4.78, 5) is 4.23. The molecule has 1 aromatic heterocycles. The normalized spacial score (nSPS) is 14.0. The van der Waals surface area contributed by atoms with E-state index in [0.717, 1.165) is 18.4 Å². The third-order valence-electron chi connectivity index (χ3n) is 5.75. The van der Waals surface area contributed by atoms with Crippen LogP contribution >= 0.6 is 0 Å². The lowest BCUT2D eigenvalue weighted by molar-refractivity contribution is -0.252. The quantitative estimate of drug-likeness (QED) is 0.366. The molecule has 0 radical (unpaired) electrons. The van der Waals surface area contributed by atoms with Crippen LogP contribution in [0.5, 0.6) is 17.2 Å². The van der Waals surface area contributed by atoms with Crippen LogP contribution in [0.1, 0.15) is 18.3 Å². The minimum atomic E-state index is -5.08. The Morgan fingerprint density at radius 1 is 0.972 bits per heavy atom. The predicted molar refractivity (Wildman–Crippen MR) is 127 cm³/mol. The Balaban J connectivity index is 1.83. The number of hydrogen-bond acceptors (Lipinski definition) is 6. The number of hydrogen-bond donors (Lipinski definition) is 1. The first-order chi connectivity index (χ1) is 16.9. The standard InChI is InChI=1S/C25H23F3N2O5S/c1-4-30-22-15-19(35-18-6-5-7-20(14-18)36(3,32)33)12-13-21(22)29-23(30)24(31,25(26,27)28)16-8-10-17(34-2)11-9-16/h5-15,31H,4H2,1-3H3. The number of halogens is 3. The first-order valence-electron chi connectivity index (χ1n) is 10.8. The van der Waals surface area contributed by atoms with E-state index in [1.807, 2.05) is 0 Å². The highest BCUT2D eigenvalue weighted by Crippen LogP contribution is 2.45. The van der Waals surface area contributed by atoms with Gasteiger partial charge < -0.3 is 19.1 Å². The number of aromatic nitrogens is 2. The summed E-state index contributed by atoms with van der Waals surface area (Å²) >= 11 is 0. The van der Waals surface area contributed by atoms with Gasteiger partial charge in [0.1, 0.15) is 17.2 Å². The van der Waals surface area contributed by atoms with Crippen molar-refractivity contribution < 1.29 is 36.2 Å². The molecule has 0 spiro atoms. The van der Waals surface area contributed by atoms with Crippen LogP contribution in [-0.2, 0) is 22.0 Å². The molecule has 0 aliphatic rings. The summed E-state index contributed by atoms with van der Waals surface area (Å²) in [5.41, 5.74) is -3.27. The SMILES string of the molecule is CCn1c(C(O)(c2ccc(OC)cc2)C(F)(F)F)nc2ccc(Oc3cccc(S(C)(=O)=O)c3)cc21. The number of fused-ring (bicyclic) bond motifs is 1. The van der Waals surface area contributed by atoms with Crippen LogP contribution in [0.3, 0.4) is 0 Å². The van der Waals surface area contributed by atoms with Crippen LogP contribution in [0.4, 0.5) is 13.2 Å². The molecule has 3 aromatic carbocycles. The van der Waals surface area contributed by atoms with Gasteiger partial charge in [-0.25, -0.2) is 13.4 Å². The molecule has 7 nitrogen and oxygen atoms in total. The first kappa shape index (κ1) is 25.5. The monoisotopic (exact) mass is 520 g/mol. The molecular formula is C25H23F3N2O5S. The van der Waals surface area contributed by atoms with E-state index in [-0.39, 0.29) is 28.5 Å². The van der Waals surface area contributed by atoms with Gasteiger partial charge in [0.05, 0.1) is 23.0 Å². The Morgan fingerprint density at radius 3 is 2.19 bits per heavy atom. The lowest BCUT2D eigenvalue weighted by Gasteiger charge is -2.31. The largest absolute Gasteiger partial charge is 0.497 e. The number of nitrogens with zero attached hydrogens (tertiary/aromatic N) is 2. The van der Waals surface area contributed by atoms with E-state index in [9.17, 15) is 26.7 Å². The van der Waals surface area contributed by atoms with E-state index < -0.39 is 33.0 Å². The van der Waals surface area contributed by atoms with Crippen LogP contribution in [0.2, 0.25) is 0 Å². The van der Waals surface area contributed by atoms with Gasteiger partial charge in [0.15, 0.2) is 15.7 Å². The molecule has 1 N–H and O–H groups in total. The fourth-order valence-corrected chi connectivity index (χ4v) is 4.57. The molecule has 1 unspecified atom stereocenters. The number of ether oxygens (including phenoxy) is 2. The van der Waals surface area contributed by atoms with Gasteiger partial charge >= 0.3 is 6.18 Å². The minimum Gasteiger partial charge on any atom is -0.497 e. The van der Waals surface area contributed by atoms with Crippen molar-refractivity contribution in [2.45, 2.75) is 30.1 Å². The number of sulfone groups is 1. The van der Waals surface area contributed by atoms with E-state index >= 15 is 0 Å². The van der Waals surface area contributed by atoms with Crippen molar-refractivity contribution in [2.75, 3.05) is 13.4 Å². The van der Waals surface area contributed by atoms with Crippen LogP contribution in [0, 0.1) is 0 Å². The maximum atomic E-state index is 14.4. The third kappa shape index (κ3) is 4.51. The number of benzene rings is 3. The Bertz CT molecular complexity index is 1520. The summed E-state index contributed by atoms with van der Waals surface area (Å²) in [6.07, 6.45) is -4.01. The van der Waals surface area contributed by atoms with Crippen molar-refractivity contribution in [3.8, 4) is 17.2 Å². The molecule has 1 heterocycles. The maximum Gasteiger partial charge on any atom is 0.428 e.